The quantitative estimate of drug-likeness (QED) is 0.314. The second kappa shape index (κ2) is 11.5. The molecule has 184 valence electrons. The molecule has 0 aliphatic heterocycles. The van der Waals surface area contributed by atoms with Crippen molar-refractivity contribution in [1.29, 1.82) is 0 Å². The van der Waals surface area contributed by atoms with Crippen LogP contribution < -0.4 is 22.0 Å². The van der Waals surface area contributed by atoms with Gasteiger partial charge in [0.2, 0.25) is 11.8 Å². The molecule has 4 rings (SSSR count). The predicted molar refractivity (Wildman–Crippen MR) is 141 cm³/mol. The molecule has 0 saturated carbocycles. The fourth-order valence-corrected chi connectivity index (χ4v) is 4.10. The molecule has 3 aromatic carbocycles. The minimum atomic E-state index is -0.806. The molecule has 0 fully saturated rings. The van der Waals surface area contributed by atoms with E-state index in [1.807, 2.05) is 67.6 Å². The molecule has 0 aliphatic carbocycles. The van der Waals surface area contributed by atoms with Crippen molar-refractivity contribution in [3.8, 4) is 0 Å². The molecule has 2 atom stereocenters. The van der Waals surface area contributed by atoms with E-state index in [0.29, 0.717) is 30.5 Å². The summed E-state index contributed by atoms with van der Waals surface area (Å²) >= 11 is 0. The van der Waals surface area contributed by atoms with Crippen LogP contribution in [0.25, 0.3) is 11.0 Å². The van der Waals surface area contributed by atoms with Crippen LogP contribution in [0.3, 0.4) is 0 Å². The number of fused-ring (bicyclic) bond motifs is 1. The normalized spacial score (nSPS) is 12.6. The lowest BCUT2D eigenvalue weighted by molar-refractivity contribution is -0.127. The van der Waals surface area contributed by atoms with Crippen molar-refractivity contribution < 1.29 is 14.0 Å². The zero-order valence-electron chi connectivity index (χ0n) is 20.1. The Hall–Kier alpha value is -4.23. The third kappa shape index (κ3) is 6.46. The Balaban J connectivity index is 1.49. The molecule has 0 spiro atoms. The molecular formula is C29H29N3O4. The summed E-state index contributed by atoms with van der Waals surface area (Å²) < 4.78 is 5.29. The van der Waals surface area contributed by atoms with Gasteiger partial charge in [-0.05, 0) is 55.0 Å². The monoisotopic (exact) mass is 483 g/mol. The first-order valence-electron chi connectivity index (χ1n) is 11.9. The average Bonchev–Trinajstić information content (AvgIpc) is 2.87. The van der Waals surface area contributed by atoms with Crippen molar-refractivity contribution >= 4 is 28.5 Å². The summed E-state index contributed by atoms with van der Waals surface area (Å²) in [6.07, 6.45) is 1.35. The van der Waals surface area contributed by atoms with Crippen LogP contribution in [-0.4, -0.2) is 23.9 Å². The van der Waals surface area contributed by atoms with E-state index < -0.39 is 23.6 Å². The van der Waals surface area contributed by atoms with E-state index in [1.165, 1.54) is 6.07 Å². The molecule has 7 heteroatoms. The minimum absolute atomic E-state index is 0.364. The van der Waals surface area contributed by atoms with Crippen LogP contribution in [0.1, 0.15) is 23.1 Å². The molecule has 1 heterocycles. The number of hydrogen-bond donors (Lipinski definition) is 3. The maximum atomic E-state index is 13.3. The summed E-state index contributed by atoms with van der Waals surface area (Å²) in [5, 5.41) is 6.47. The van der Waals surface area contributed by atoms with E-state index in [0.717, 1.165) is 22.1 Å². The maximum absolute atomic E-state index is 13.3. The molecule has 0 saturated heterocycles. The molecule has 4 aromatic rings. The van der Waals surface area contributed by atoms with Gasteiger partial charge in [0.05, 0.1) is 6.04 Å². The first kappa shape index (κ1) is 24.9. The van der Waals surface area contributed by atoms with E-state index in [-0.39, 0.29) is 5.91 Å². The van der Waals surface area contributed by atoms with Crippen LogP contribution >= 0.6 is 0 Å². The van der Waals surface area contributed by atoms with Crippen molar-refractivity contribution in [3.05, 3.63) is 112 Å². The Bertz CT molecular complexity index is 1400. The number of benzene rings is 3. The average molecular weight is 484 g/mol. The largest absolute Gasteiger partial charge is 0.423 e. The van der Waals surface area contributed by atoms with Gasteiger partial charge in [0.15, 0.2) is 0 Å². The summed E-state index contributed by atoms with van der Waals surface area (Å²) in [5.74, 6) is -0.771. The van der Waals surface area contributed by atoms with E-state index in [2.05, 4.69) is 10.6 Å². The third-order valence-corrected chi connectivity index (χ3v) is 6.05. The van der Waals surface area contributed by atoms with Crippen LogP contribution in [-0.2, 0) is 22.4 Å². The zero-order valence-corrected chi connectivity index (χ0v) is 20.1. The highest BCUT2D eigenvalue weighted by molar-refractivity contribution is 5.99. The van der Waals surface area contributed by atoms with Crippen molar-refractivity contribution in [2.24, 2.45) is 5.73 Å². The predicted octanol–water partition coefficient (Wildman–Crippen LogP) is 3.73. The summed E-state index contributed by atoms with van der Waals surface area (Å²) in [6, 6.07) is 24.2. The standard InChI is InChI=1S/C29H29N3O4/c1-19-16-27(33)36-26-18-22(13-14-23(19)26)31-29(35)25(15-12-20-8-4-2-5-9-20)32-28(34)24(30)17-21-10-6-3-7-11-21/h2-11,13-14,16,18,24-25H,12,15,17,30H2,1H3,(H,31,35)(H,32,34)/t24-,25-/m0/s1. The number of amides is 2. The number of nitrogens with one attached hydrogen (secondary N) is 2. The maximum Gasteiger partial charge on any atom is 0.336 e. The van der Waals surface area contributed by atoms with Gasteiger partial charge in [-0.25, -0.2) is 4.79 Å². The Morgan fingerprint density at radius 1 is 0.889 bits per heavy atom. The molecule has 0 unspecified atom stereocenters. The Labute approximate surface area is 209 Å². The summed E-state index contributed by atoms with van der Waals surface area (Å²) in [6.45, 7) is 1.82. The van der Waals surface area contributed by atoms with Gasteiger partial charge in [-0.3, -0.25) is 9.59 Å². The molecule has 0 radical (unpaired) electrons. The second-order valence-electron chi connectivity index (χ2n) is 8.83. The van der Waals surface area contributed by atoms with Gasteiger partial charge in [0, 0.05) is 23.2 Å². The van der Waals surface area contributed by atoms with E-state index in [9.17, 15) is 14.4 Å². The van der Waals surface area contributed by atoms with Gasteiger partial charge in [0.1, 0.15) is 11.6 Å². The van der Waals surface area contributed by atoms with Crippen LogP contribution in [0.5, 0.6) is 0 Å². The fourth-order valence-electron chi connectivity index (χ4n) is 4.10. The van der Waals surface area contributed by atoms with E-state index in [1.54, 1.807) is 18.2 Å². The summed E-state index contributed by atoms with van der Waals surface area (Å²) in [5.41, 5.74) is 9.35. The van der Waals surface area contributed by atoms with Gasteiger partial charge in [-0.1, -0.05) is 60.7 Å². The van der Waals surface area contributed by atoms with Gasteiger partial charge in [0.25, 0.3) is 0 Å². The van der Waals surface area contributed by atoms with Gasteiger partial charge >= 0.3 is 5.63 Å². The number of carbonyl (C=O) groups is 2. The number of carbonyl (C=O) groups excluding carboxylic acids is 2. The van der Waals surface area contributed by atoms with Gasteiger partial charge in [-0.15, -0.1) is 0 Å². The Morgan fingerprint density at radius 2 is 1.56 bits per heavy atom. The SMILES string of the molecule is Cc1cc(=O)oc2cc(NC(=O)[C@H](CCc3ccccc3)NC(=O)[C@@H](N)Cc3ccccc3)ccc12. The van der Waals surface area contributed by atoms with Crippen LogP contribution in [0.4, 0.5) is 5.69 Å². The number of nitrogens with two attached hydrogens (primary N) is 1. The molecule has 0 aliphatic rings. The number of rotatable bonds is 9. The highest BCUT2D eigenvalue weighted by Crippen LogP contribution is 2.21. The summed E-state index contributed by atoms with van der Waals surface area (Å²) in [7, 11) is 0. The number of anilines is 1. The van der Waals surface area contributed by atoms with Crippen molar-refractivity contribution in [3.63, 3.8) is 0 Å². The van der Waals surface area contributed by atoms with Crippen LogP contribution in [0.2, 0.25) is 0 Å². The lowest BCUT2D eigenvalue weighted by atomic mass is 10.0. The minimum Gasteiger partial charge on any atom is -0.423 e. The molecule has 7 nitrogen and oxygen atoms in total. The molecule has 4 N–H and O–H groups in total. The van der Waals surface area contributed by atoms with Crippen molar-refractivity contribution in [2.45, 2.75) is 38.3 Å². The molecule has 0 bridgehead atoms. The number of aryl methyl sites for hydroxylation is 2. The Kier molecular flexibility index (Phi) is 7.92. The van der Waals surface area contributed by atoms with Crippen LogP contribution in [0, 0.1) is 6.92 Å². The first-order valence-corrected chi connectivity index (χ1v) is 11.9. The van der Waals surface area contributed by atoms with E-state index in [4.69, 9.17) is 10.2 Å². The summed E-state index contributed by atoms with van der Waals surface area (Å²) in [4.78, 5) is 37.9. The van der Waals surface area contributed by atoms with Crippen molar-refractivity contribution in [2.75, 3.05) is 5.32 Å². The van der Waals surface area contributed by atoms with Gasteiger partial charge < -0.3 is 20.8 Å². The molecular weight excluding hydrogens is 454 g/mol. The topological polar surface area (TPSA) is 114 Å². The third-order valence-electron chi connectivity index (χ3n) is 6.05. The van der Waals surface area contributed by atoms with Crippen LogP contribution in [0.15, 0.2) is 94.1 Å². The zero-order chi connectivity index (χ0) is 25.5. The highest BCUT2D eigenvalue weighted by atomic mass is 16.4. The lowest BCUT2D eigenvalue weighted by Gasteiger charge is -2.21. The lowest BCUT2D eigenvalue weighted by Crippen LogP contribution is -2.50. The fraction of sp³-hybridized carbons (Fsp3) is 0.207. The highest BCUT2D eigenvalue weighted by Gasteiger charge is 2.24. The van der Waals surface area contributed by atoms with Crippen molar-refractivity contribution in [1.82, 2.24) is 5.32 Å². The smallest absolute Gasteiger partial charge is 0.336 e. The second-order valence-corrected chi connectivity index (χ2v) is 8.83. The van der Waals surface area contributed by atoms with Gasteiger partial charge in [-0.2, -0.15) is 0 Å². The first-order chi connectivity index (χ1) is 17.4. The Morgan fingerprint density at radius 3 is 2.25 bits per heavy atom. The van der Waals surface area contributed by atoms with E-state index >= 15 is 0 Å². The number of hydrogen-bond acceptors (Lipinski definition) is 5. The molecule has 36 heavy (non-hydrogen) atoms. The molecule has 2 amide bonds. The molecule has 1 aromatic heterocycles.